The van der Waals surface area contributed by atoms with Gasteiger partial charge in [-0.25, -0.2) is 5.48 Å². The van der Waals surface area contributed by atoms with E-state index in [-0.39, 0.29) is 30.1 Å². The molecular formula is C36H35N5O8. The summed E-state index contributed by atoms with van der Waals surface area (Å²) in [4.78, 5) is 65.2. The largest absolute Gasteiger partial charge is 0.492 e. The van der Waals surface area contributed by atoms with Crippen molar-refractivity contribution in [2.24, 2.45) is 0 Å². The monoisotopic (exact) mass is 665 g/mol. The Morgan fingerprint density at radius 1 is 0.898 bits per heavy atom. The number of nitrogens with one attached hydrogen (secondary N) is 2. The van der Waals surface area contributed by atoms with Crippen LogP contribution in [0.2, 0.25) is 0 Å². The molecule has 0 spiro atoms. The summed E-state index contributed by atoms with van der Waals surface area (Å²) in [6.45, 7) is 3.41. The molecule has 5 amide bonds. The highest BCUT2D eigenvalue weighted by Crippen LogP contribution is 2.31. The van der Waals surface area contributed by atoms with E-state index in [2.05, 4.69) is 16.3 Å². The van der Waals surface area contributed by atoms with E-state index in [0.29, 0.717) is 24.5 Å². The van der Waals surface area contributed by atoms with Crippen molar-refractivity contribution in [3.05, 3.63) is 95.2 Å². The zero-order valence-electron chi connectivity index (χ0n) is 26.6. The Morgan fingerprint density at radius 3 is 2.51 bits per heavy atom. The lowest BCUT2D eigenvalue weighted by Crippen LogP contribution is -2.54. The topological polar surface area (TPSA) is 160 Å². The van der Waals surface area contributed by atoms with Gasteiger partial charge in [-0.2, -0.15) is 0 Å². The molecule has 3 aliphatic rings. The van der Waals surface area contributed by atoms with E-state index in [1.165, 1.54) is 0 Å². The molecule has 49 heavy (non-hydrogen) atoms. The first-order valence-electron chi connectivity index (χ1n) is 16.3. The highest BCUT2D eigenvalue weighted by molar-refractivity contribution is 6.23. The second-order valence-corrected chi connectivity index (χ2v) is 12.5. The number of nitrogens with zero attached hydrogens (tertiary/aromatic N) is 3. The van der Waals surface area contributed by atoms with Crippen molar-refractivity contribution in [1.82, 2.24) is 25.2 Å². The third kappa shape index (κ3) is 6.62. The van der Waals surface area contributed by atoms with E-state index in [1.807, 2.05) is 41.1 Å². The van der Waals surface area contributed by atoms with E-state index in [9.17, 15) is 24.0 Å². The number of rotatable bonds is 10. The van der Waals surface area contributed by atoms with Crippen molar-refractivity contribution in [2.75, 3.05) is 19.7 Å². The maximum atomic E-state index is 13.2. The summed E-state index contributed by atoms with van der Waals surface area (Å²) in [7, 11) is 0. The number of carbonyl (C=O) groups is 5. The van der Waals surface area contributed by atoms with Crippen LogP contribution in [0, 0.1) is 0 Å². The van der Waals surface area contributed by atoms with Crippen LogP contribution in [0.25, 0.3) is 10.9 Å². The maximum absolute atomic E-state index is 13.2. The van der Waals surface area contributed by atoms with Gasteiger partial charge in [0.15, 0.2) is 0 Å². The number of imide groups is 2. The van der Waals surface area contributed by atoms with E-state index in [1.54, 1.807) is 35.8 Å². The number of piperidine rings is 2. The molecule has 0 saturated carbocycles. The van der Waals surface area contributed by atoms with E-state index < -0.39 is 35.6 Å². The molecule has 1 atom stereocenters. The van der Waals surface area contributed by atoms with Gasteiger partial charge in [-0.05, 0) is 78.7 Å². The summed E-state index contributed by atoms with van der Waals surface area (Å²) < 4.78 is 14.3. The van der Waals surface area contributed by atoms with Gasteiger partial charge in [0.1, 0.15) is 30.3 Å². The highest BCUT2D eigenvalue weighted by Gasteiger charge is 2.44. The Kier molecular flexibility index (Phi) is 8.85. The van der Waals surface area contributed by atoms with Gasteiger partial charge < -0.3 is 14.0 Å². The molecule has 13 heteroatoms. The normalized spacial score (nSPS) is 18.5. The Balaban J connectivity index is 0.897. The fourth-order valence-corrected chi connectivity index (χ4v) is 6.74. The number of hydroxylamine groups is 1. The van der Waals surface area contributed by atoms with Gasteiger partial charge in [0.25, 0.3) is 17.7 Å². The molecule has 3 aromatic carbocycles. The number of fused-ring (bicyclic) bond motifs is 2. The predicted molar refractivity (Wildman–Crippen MR) is 175 cm³/mol. The number of aromatic nitrogens is 1. The van der Waals surface area contributed by atoms with Crippen LogP contribution >= 0.6 is 0 Å². The molecule has 0 radical (unpaired) electrons. The van der Waals surface area contributed by atoms with Gasteiger partial charge in [0, 0.05) is 43.3 Å². The average molecular weight is 666 g/mol. The number of amides is 5. The number of carbonyl (C=O) groups excluding carboxylic acids is 5. The first-order chi connectivity index (χ1) is 23.8. The van der Waals surface area contributed by atoms with Crippen molar-refractivity contribution < 1.29 is 38.7 Å². The fourth-order valence-electron chi connectivity index (χ4n) is 6.74. The number of likely N-dealkylation sites (tertiary alicyclic amines) is 1. The summed E-state index contributed by atoms with van der Waals surface area (Å²) in [5, 5.41) is 12.2. The lowest BCUT2D eigenvalue weighted by atomic mass is 10.0. The Bertz CT molecular complexity index is 1960. The minimum absolute atomic E-state index is 0.0544. The fraction of sp³-hybridized carbons (Fsp3) is 0.306. The Labute approximate surface area is 281 Å². The Hall–Kier alpha value is -5.53. The van der Waals surface area contributed by atoms with Crippen LogP contribution in [0.3, 0.4) is 0 Å². The van der Waals surface area contributed by atoms with Crippen molar-refractivity contribution in [2.45, 2.75) is 50.9 Å². The first-order valence-corrected chi connectivity index (χ1v) is 16.3. The van der Waals surface area contributed by atoms with Crippen LogP contribution in [0.5, 0.6) is 11.5 Å². The SMILES string of the molecule is O=C1CCC(N2C(=O)c3ccc(OC4CCN(Cc5cccc(OCCn6ccc7ccc(C(=O)NO)cc76)c5)CC4)cc3C2=O)C(=O)N1. The van der Waals surface area contributed by atoms with Crippen molar-refractivity contribution >= 4 is 40.4 Å². The summed E-state index contributed by atoms with van der Waals surface area (Å²) >= 11 is 0. The number of hydrogen-bond donors (Lipinski definition) is 3. The number of hydrogen-bond acceptors (Lipinski definition) is 9. The highest BCUT2D eigenvalue weighted by atomic mass is 16.5. The van der Waals surface area contributed by atoms with Crippen molar-refractivity contribution in [3.8, 4) is 11.5 Å². The molecule has 0 aliphatic carbocycles. The molecule has 3 N–H and O–H groups in total. The van der Waals surface area contributed by atoms with Gasteiger partial charge in [-0.3, -0.25) is 44.3 Å². The summed E-state index contributed by atoms with van der Waals surface area (Å²) in [5.41, 5.74) is 4.48. The molecule has 0 bridgehead atoms. The third-order valence-electron chi connectivity index (χ3n) is 9.29. The number of ether oxygens (including phenoxy) is 2. The molecule has 3 aliphatic heterocycles. The van der Waals surface area contributed by atoms with Gasteiger partial charge >= 0.3 is 0 Å². The molecular weight excluding hydrogens is 630 g/mol. The van der Waals surface area contributed by atoms with E-state index in [4.69, 9.17) is 14.7 Å². The van der Waals surface area contributed by atoms with Gasteiger partial charge in [0.2, 0.25) is 11.8 Å². The minimum Gasteiger partial charge on any atom is -0.492 e. The molecule has 1 aromatic heterocycles. The van der Waals surface area contributed by atoms with Crippen LogP contribution in [-0.2, 0) is 22.7 Å². The molecule has 2 saturated heterocycles. The van der Waals surface area contributed by atoms with Crippen LogP contribution in [0.4, 0.5) is 0 Å². The van der Waals surface area contributed by atoms with E-state index >= 15 is 0 Å². The molecule has 252 valence electrons. The minimum atomic E-state index is -1.00. The van der Waals surface area contributed by atoms with Crippen LogP contribution < -0.4 is 20.3 Å². The molecule has 4 aromatic rings. The molecule has 7 rings (SSSR count). The van der Waals surface area contributed by atoms with Crippen LogP contribution in [0.15, 0.2) is 72.9 Å². The quantitative estimate of drug-likeness (QED) is 0.131. The lowest BCUT2D eigenvalue weighted by Gasteiger charge is -2.32. The molecule has 2 fully saturated rings. The van der Waals surface area contributed by atoms with Gasteiger partial charge in [0.05, 0.1) is 17.7 Å². The van der Waals surface area contributed by atoms with Gasteiger partial charge in [-0.1, -0.05) is 18.2 Å². The van der Waals surface area contributed by atoms with Gasteiger partial charge in [-0.15, -0.1) is 0 Å². The lowest BCUT2D eigenvalue weighted by molar-refractivity contribution is -0.136. The number of benzene rings is 3. The average Bonchev–Trinajstić information content (AvgIpc) is 3.62. The second kappa shape index (κ2) is 13.5. The smallest absolute Gasteiger partial charge is 0.274 e. The summed E-state index contributed by atoms with van der Waals surface area (Å²) in [5.74, 6) is -1.43. The predicted octanol–water partition coefficient (Wildman–Crippen LogP) is 3.28. The molecule has 13 nitrogen and oxygen atoms in total. The zero-order chi connectivity index (χ0) is 34.1. The maximum Gasteiger partial charge on any atom is 0.274 e. The summed E-state index contributed by atoms with van der Waals surface area (Å²) in [6.07, 6.45) is 3.64. The first kappa shape index (κ1) is 32.0. The van der Waals surface area contributed by atoms with Crippen LogP contribution in [-0.4, -0.2) is 81.0 Å². The zero-order valence-corrected chi connectivity index (χ0v) is 26.6. The Morgan fingerprint density at radius 2 is 1.71 bits per heavy atom. The molecule has 4 heterocycles. The molecule has 1 unspecified atom stereocenters. The third-order valence-corrected chi connectivity index (χ3v) is 9.29. The summed E-state index contributed by atoms with van der Waals surface area (Å²) in [6, 6.07) is 19.1. The van der Waals surface area contributed by atoms with E-state index in [0.717, 1.165) is 59.6 Å². The standard InChI is InChI=1S/C36H35N5O8/c42-32-9-8-30(34(44)37-32)41-35(45)28-7-6-27(20-29(28)36(41)46)49-25-11-13-39(14-12-25)21-22-2-1-3-26(18-22)48-17-16-40-15-10-23-4-5-24(19-31(23)40)33(43)38-47/h1-7,10,15,18-20,25,30,47H,8-9,11-14,16-17,21H2,(H,38,43)(H,37,42,44). The second-order valence-electron chi connectivity index (χ2n) is 12.5. The van der Waals surface area contributed by atoms with Crippen molar-refractivity contribution in [3.63, 3.8) is 0 Å². The van der Waals surface area contributed by atoms with Crippen LogP contribution in [0.1, 0.15) is 62.3 Å². The van der Waals surface area contributed by atoms with Crippen molar-refractivity contribution in [1.29, 1.82) is 0 Å².